The summed E-state index contributed by atoms with van der Waals surface area (Å²) in [5.74, 6) is 16.9. The number of ether oxygens (including phenoxy) is 2. The molecule has 0 spiro atoms. The average Bonchev–Trinajstić information content (AvgIpc) is 3.26. The molecule has 0 saturated heterocycles. The Bertz CT molecular complexity index is 2580. The molecule has 0 heterocycles. The van der Waals surface area contributed by atoms with Gasteiger partial charge in [0.2, 0.25) is 0 Å². The Kier molecular flexibility index (Phi) is 14.9. The number of benzene rings is 6. The summed E-state index contributed by atoms with van der Waals surface area (Å²) in [4.78, 5) is 0. The van der Waals surface area contributed by atoms with E-state index in [4.69, 9.17) is 9.47 Å². The van der Waals surface area contributed by atoms with Crippen LogP contribution >= 0.6 is 0 Å². The van der Waals surface area contributed by atoms with Gasteiger partial charge in [0.15, 0.2) is 0 Å². The lowest BCUT2D eigenvalue weighted by Crippen LogP contribution is -2.18. The summed E-state index contributed by atoms with van der Waals surface area (Å²) in [6.45, 7) is 33.6. The summed E-state index contributed by atoms with van der Waals surface area (Å²) >= 11 is 0. The largest absolute Gasteiger partial charge is 0.493 e. The first-order valence-electron chi connectivity index (χ1n) is 25.2. The first kappa shape index (κ1) is 49.9. The van der Waals surface area contributed by atoms with Crippen LogP contribution < -0.4 is 9.47 Å². The molecular formula is C66H76O2. The van der Waals surface area contributed by atoms with E-state index in [-0.39, 0.29) is 21.7 Å². The zero-order valence-corrected chi connectivity index (χ0v) is 43.9. The quantitative estimate of drug-likeness (QED) is 0.155. The van der Waals surface area contributed by atoms with Crippen molar-refractivity contribution in [2.75, 3.05) is 13.2 Å². The van der Waals surface area contributed by atoms with E-state index in [9.17, 15) is 0 Å². The van der Waals surface area contributed by atoms with E-state index >= 15 is 0 Å². The lowest BCUT2D eigenvalue weighted by molar-refractivity contribution is 0.311. The number of fused-ring (bicyclic) bond motifs is 8. The highest BCUT2D eigenvalue weighted by Gasteiger charge is 2.28. The van der Waals surface area contributed by atoms with Gasteiger partial charge in [0.05, 0.1) is 13.2 Å². The minimum Gasteiger partial charge on any atom is -0.493 e. The number of rotatable bonds is 6. The van der Waals surface area contributed by atoms with Crippen LogP contribution in [0, 0.1) is 23.7 Å². The van der Waals surface area contributed by atoms with E-state index in [1.54, 1.807) is 0 Å². The van der Waals surface area contributed by atoms with Gasteiger partial charge in [0, 0.05) is 47.9 Å². The molecule has 0 aromatic heterocycles. The van der Waals surface area contributed by atoms with Gasteiger partial charge in [-0.05, 0) is 126 Å². The van der Waals surface area contributed by atoms with Crippen LogP contribution in [-0.4, -0.2) is 13.2 Å². The molecule has 0 unspecified atom stereocenters. The fraction of sp³-hybridized carbons (Fsp3) is 0.394. The number of hydrogen-bond donors (Lipinski definition) is 0. The Hall–Kier alpha value is -5.96. The predicted octanol–water partition coefficient (Wildman–Crippen LogP) is 15.9. The molecule has 0 aliphatic heterocycles. The van der Waals surface area contributed by atoms with E-state index in [1.165, 1.54) is 66.8 Å². The molecule has 8 bridgehead atoms. The summed E-state index contributed by atoms with van der Waals surface area (Å²) in [5, 5.41) is 0. The van der Waals surface area contributed by atoms with Crippen molar-refractivity contribution in [1.82, 2.24) is 0 Å². The smallest absolute Gasteiger partial charge is 0.126 e. The highest BCUT2D eigenvalue weighted by atomic mass is 16.5. The normalized spacial score (nSPS) is 12.9. The van der Waals surface area contributed by atoms with Crippen LogP contribution in [-0.2, 0) is 47.3 Å². The molecule has 0 saturated carbocycles. The summed E-state index contributed by atoms with van der Waals surface area (Å²) < 4.78 is 14.1. The van der Waals surface area contributed by atoms with Crippen LogP contribution in [0.5, 0.6) is 11.5 Å². The van der Waals surface area contributed by atoms with Crippen molar-refractivity contribution >= 4 is 0 Å². The molecule has 2 nitrogen and oxygen atoms in total. The maximum absolute atomic E-state index is 7.05. The minimum atomic E-state index is -0.112. The zero-order chi connectivity index (χ0) is 49.0. The van der Waals surface area contributed by atoms with Gasteiger partial charge in [-0.1, -0.05) is 206 Å². The van der Waals surface area contributed by atoms with Crippen molar-refractivity contribution in [1.29, 1.82) is 0 Å². The first-order chi connectivity index (χ1) is 32.1. The highest BCUT2D eigenvalue weighted by Crippen LogP contribution is 2.42. The molecule has 6 aromatic rings. The van der Waals surface area contributed by atoms with Gasteiger partial charge >= 0.3 is 0 Å². The van der Waals surface area contributed by atoms with E-state index in [0.717, 1.165) is 46.6 Å². The molecule has 0 N–H and O–H groups in total. The van der Waals surface area contributed by atoms with Crippen molar-refractivity contribution in [2.45, 2.75) is 157 Å². The van der Waals surface area contributed by atoms with Crippen LogP contribution in [0.3, 0.4) is 0 Å². The van der Waals surface area contributed by atoms with Gasteiger partial charge in [-0.2, -0.15) is 0 Å². The van der Waals surface area contributed by atoms with Gasteiger partial charge < -0.3 is 9.47 Å². The van der Waals surface area contributed by atoms with Crippen LogP contribution in [0.4, 0.5) is 0 Å². The molecular weight excluding hydrogens is 825 g/mol. The van der Waals surface area contributed by atoms with Gasteiger partial charge in [-0.25, -0.2) is 0 Å². The van der Waals surface area contributed by atoms with Crippen LogP contribution in [0.15, 0.2) is 109 Å². The predicted molar refractivity (Wildman–Crippen MR) is 288 cm³/mol. The monoisotopic (exact) mass is 901 g/mol. The Morgan fingerprint density at radius 2 is 0.603 bits per heavy atom. The molecule has 0 atom stereocenters. The minimum absolute atomic E-state index is 0.111. The van der Waals surface area contributed by atoms with Gasteiger partial charge in [-0.3, -0.25) is 0 Å². The first-order valence-corrected chi connectivity index (χ1v) is 25.2. The molecule has 0 amide bonds. The van der Waals surface area contributed by atoms with Crippen LogP contribution in [0.25, 0.3) is 0 Å². The molecule has 6 aromatic carbocycles. The second-order valence-electron chi connectivity index (χ2n) is 23.2. The molecule has 68 heavy (non-hydrogen) atoms. The average molecular weight is 901 g/mol. The lowest BCUT2D eigenvalue weighted by atomic mass is 9.77. The van der Waals surface area contributed by atoms with Gasteiger partial charge in [-0.15, -0.1) is 0 Å². The van der Waals surface area contributed by atoms with E-state index in [1.807, 2.05) is 0 Å². The molecule has 0 fully saturated rings. The Morgan fingerprint density at radius 1 is 0.353 bits per heavy atom. The SMILES string of the molecule is CCCOc1c2cc(C(C)(C)C)cc1Cc1cc(C(C)(C)C)cc(c1C#Cc1ccccc1)Cc1cc(C(C)(C)C)cc(c1OCCC)Cc1cc(C(C)(C)C)cc(c1C#Cc1ccccc1)C2. The van der Waals surface area contributed by atoms with Crippen molar-refractivity contribution < 1.29 is 9.47 Å². The third kappa shape index (κ3) is 12.0. The van der Waals surface area contributed by atoms with Crippen molar-refractivity contribution in [3.05, 3.63) is 198 Å². The fourth-order valence-electron chi connectivity index (χ4n) is 9.09. The summed E-state index contributed by atoms with van der Waals surface area (Å²) in [6.07, 6.45) is 4.51. The van der Waals surface area contributed by atoms with Crippen molar-refractivity contribution in [3.8, 4) is 35.2 Å². The maximum atomic E-state index is 7.05. The van der Waals surface area contributed by atoms with Crippen LogP contribution in [0.1, 0.15) is 199 Å². The molecule has 7 rings (SSSR count). The van der Waals surface area contributed by atoms with E-state index in [0.29, 0.717) is 38.9 Å². The molecule has 2 heteroatoms. The molecule has 1 aliphatic carbocycles. The summed E-state index contributed by atoms with van der Waals surface area (Å²) in [6, 6.07) is 40.3. The van der Waals surface area contributed by atoms with Crippen molar-refractivity contribution in [3.63, 3.8) is 0 Å². The molecule has 0 radical (unpaired) electrons. The van der Waals surface area contributed by atoms with E-state index < -0.39 is 0 Å². The van der Waals surface area contributed by atoms with Crippen molar-refractivity contribution in [2.24, 2.45) is 0 Å². The summed E-state index contributed by atoms with van der Waals surface area (Å²) in [5.41, 5.74) is 18.6. The molecule has 1 aliphatic rings. The maximum Gasteiger partial charge on any atom is 0.126 e. The summed E-state index contributed by atoms with van der Waals surface area (Å²) in [7, 11) is 0. The Balaban J connectivity index is 1.67. The van der Waals surface area contributed by atoms with E-state index in [2.05, 4.69) is 230 Å². The number of hydrogen-bond acceptors (Lipinski definition) is 2. The zero-order valence-electron chi connectivity index (χ0n) is 43.9. The Labute approximate surface area is 411 Å². The fourth-order valence-corrected chi connectivity index (χ4v) is 9.09. The Morgan fingerprint density at radius 3 is 0.838 bits per heavy atom. The third-order valence-electron chi connectivity index (χ3n) is 13.2. The second kappa shape index (κ2) is 20.3. The molecule has 352 valence electrons. The topological polar surface area (TPSA) is 18.5 Å². The lowest BCUT2D eigenvalue weighted by Gasteiger charge is -2.28. The van der Waals surface area contributed by atoms with Crippen LogP contribution in [0.2, 0.25) is 0 Å². The second-order valence-corrected chi connectivity index (χ2v) is 23.2. The van der Waals surface area contributed by atoms with Gasteiger partial charge in [0.1, 0.15) is 11.5 Å². The highest BCUT2D eigenvalue weighted by molar-refractivity contribution is 5.62. The third-order valence-corrected chi connectivity index (χ3v) is 13.2. The standard InChI is InChI=1S/C66H76O2/c1-15-31-67-61-51-33-47-37-55(63(3,4)5)39-49(59(47)29-27-45-23-19-17-20-24-45)35-53-43-58(66(12,13)14)44-54(62(53)68-32-16-2)36-50-40-56(64(6,7)8)38-48(34-52(61)42-57(41-51)65(9,10)11)60(50)30-28-46-25-21-18-22-26-46/h17-26,37-44H,15-16,31-36H2,1-14H3. The van der Waals surface area contributed by atoms with Gasteiger partial charge in [0.25, 0.3) is 0 Å².